The van der Waals surface area contributed by atoms with Crippen molar-refractivity contribution in [2.75, 3.05) is 36.5 Å². The number of carbonyl (C=O) groups is 1. The van der Waals surface area contributed by atoms with Gasteiger partial charge in [-0.3, -0.25) is 19.8 Å². The van der Waals surface area contributed by atoms with Crippen LogP contribution in [0.4, 0.5) is 17.3 Å². The van der Waals surface area contributed by atoms with Crippen LogP contribution in [0.3, 0.4) is 0 Å². The van der Waals surface area contributed by atoms with Gasteiger partial charge in [-0.25, -0.2) is 9.97 Å². The second-order valence-electron chi connectivity index (χ2n) is 6.34. The molecular formula is C19H17N5O4. The zero-order chi connectivity index (χ0) is 19.7. The van der Waals surface area contributed by atoms with E-state index in [-0.39, 0.29) is 24.0 Å². The molecule has 0 atom stereocenters. The van der Waals surface area contributed by atoms with Crippen molar-refractivity contribution in [3.63, 3.8) is 0 Å². The van der Waals surface area contributed by atoms with Crippen molar-refractivity contribution in [3.8, 4) is 5.75 Å². The maximum Gasteiger partial charge on any atom is 0.310 e. The summed E-state index contributed by atoms with van der Waals surface area (Å²) in [4.78, 5) is 36.1. The van der Waals surface area contributed by atoms with Crippen molar-refractivity contribution in [1.29, 1.82) is 0 Å². The van der Waals surface area contributed by atoms with Crippen LogP contribution in [0.2, 0.25) is 0 Å². The van der Waals surface area contributed by atoms with Gasteiger partial charge in [0.25, 0.3) is 5.91 Å². The molecule has 0 saturated heterocycles. The fourth-order valence-electron chi connectivity index (χ4n) is 3.07. The number of para-hydroxylation sites is 4. The van der Waals surface area contributed by atoms with Crippen LogP contribution in [0.1, 0.15) is 0 Å². The highest BCUT2D eigenvalue weighted by molar-refractivity contribution is 5.98. The Morgan fingerprint density at radius 2 is 1.71 bits per heavy atom. The summed E-state index contributed by atoms with van der Waals surface area (Å²) in [6.45, 7) is 0.690. The lowest BCUT2D eigenvalue weighted by atomic mass is 10.2. The topological polar surface area (TPSA) is 102 Å². The first-order chi connectivity index (χ1) is 13.5. The number of amides is 1. The Kier molecular flexibility index (Phi) is 4.48. The van der Waals surface area contributed by atoms with Crippen LogP contribution in [-0.2, 0) is 4.79 Å². The summed E-state index contributed by atoms with van der Waals surface area (Å²) in [6.07, 6.45) is 0. The molecule has 1 amide bonds. The monoisotopic (exact) mass is 379 g/mol. The van der Waals surface area contributed by atoms with Gasteiger partial charge in [-0.1, -0.05) is 24.3 Å². The van der Waals surface area contributed by atoms with Crippen LogP contribution in [0, 0.1) is 10.1 Å². The van der Waals surface area contributed by atoms with Gasteiger partial charge in [-0.2, -0.15) is 0 Å². The largest absolute Gasteiger partial charge is 0.477 e. The molecule has 1 aromatic heterocycles. The van der Waals surface area contributed by atoms with E-state index in [1.54, 1.807) is 12.1 Å². The lowest BCUT2D eigenvalue weighted by Gasteiger charge is -2.33. The minimum Gasteiger partial charge on any atom is -0.477 e. The van der Waals surface area contributed by atoms with Crippen molar-refractivity contribution in [2.24, 2.45) is 0 Å². The molecule has 0 radical (unpaired) electrons. The Labute approximate surface area is 160 Å². The zero-order valence-electron chi connectivity index (χ0n) is 15.1. The first-order valence-electron chi connectivity index (χ1n) is 8.69. The van der Waals surface area contributed by atoms with Gasteiger partial charge in [0.05, 0.1) is 16.0 Å². The molecule has 0 fully saturated rings. The molecule has 1 aliphatic rings. The molecule has 3 aromatic rings. The van der Waals surface area contributed by atoms with E-state index in [9.17, 15) is 14.9 Å². The highest BCUT2D eigenvalue weighted by Gasteiger charge is 2.29. The Hall–Kier alpha value is -3.75. The molecule has 9 nitrogen and oxygen atoms in total. The molecule has 142 valence electrons. The van der Waals surface area contributed by atoms with E-state index in [0.717, 1.165) is 5.52 Å². The molecule has 4 rings (SSSR count). The smallest absolute Gasteiger partial charge is 0.310 e. The summed E-state index contributed by atoms with van der Waals surface area (Å²) >= 11 is 0. The number of hydrogen-bond donors (Lipinski definition) is 0. The normalized spacial score (nSPS) is 13.3. The first-order valence-corrected chi connectivity index (χ1v) is 8.69. The first kappa shape index (κ1) is 17.7. The Morgan fingerprint density at radius 3 is 2.43 bits per heavy atom. The molecular weight excluding hydrogens is 362 g/mol. The fraction of sp³-hybridized carbons (Fsp3) is 0.211. The minimum atomic E-state index is -0.539. The Bertz CT molecular complexity index is 1070. The molecule has 9 heteroatoms. The minimum absolute atomic E-state index is 0.0554. The summed E-state index contributed by atoms with van der Waals surface area (Å²) in [5.74, 6) is 0.796. The number of rotatable bonds is 4. The summed E-state index contributed by atoms with van der Waals surface area (Å²) in [7, 11) is 1.90. The van der Waals surface area contributed by atoms with Gasteiger partial charge in [0.15, 0.2) is 24.0 Å². The third-order valence-corrected chi connectivity index (χ3v) is 4.52. The second-order valence-corrected chi connectivity index (χ2v) is 6.34. The van der Waals surface area contributed by atoms with Crippen LogP contribution in [0.25, 0.3) is 11.0 Å². The van der Waals surface area contributed by atoms with Crippen LogP contribution in [0.15, 0.2) is 48.5 Å². The van der Waals surface area contributed by atoms with Crippen molar-refractivity contribution in [1.82, 2.24) is 9.97 Å². The third kappa shape index (κ3) is 3.18. The summed E-state index contributed by atoms with van der Waals surface area (Å²) in [6, 6.07) is 13.4. The lowest BCUT2D eigenvalue weighted by molar-refractivity contribution is -0.385. The summed E-state index contributed by atoms with van der Waals surface area (Å²) < 4.78 is 5.45. The van der Waals surface area contributed by atoms with Gasteiger partial charge in [-0.15, -0.1) is 0 Å². The van der Waals surface area contributed by atoms with E-state index in [4.69, 9.17) is 4.74 Å². The average Bonchev–Trinajstić information content (AvgIpc) is 2.71. The number of benzene rings is 2. The van der Waals surface area contributed by atoms with E-state index in [2.05, 4.69) is 9.97 Å². The molecule has 28 heavy (non-hydrogen) atoms. The maximum atomic E-state index is 12.8. The predicted octanol–water partition coefficient (Wildman–Crippen LogP) is 2.40. The van der Waals surface area contributed by atoms with Gasteiger partial charge in [0.1, 0.15) is 0 Å². The number of ether oxygens (including phenoxy) is 1. The van der Waals surface area contributed by atoms with Gasteiger partial charge in [0, 0.05) is 26.2 Å². The molecule has 2 heterocycles. The summed E-state index contributed by atoms with van der Waals surface area (Å²) in [5.41, 5.74) is 1.26. The number of aromatic nitrogens is 2. The van der Waals surface area contributed by atoms with Gasteiger partial charge >= 0.3 is 5.69 Å². The van der Waals surface area contributed by atoms with Crippen LogP contribution in [-0.4, -0.2) is 47.5 Å². The van der Waals surface area contributed by atoms with Crippen molar-refractivity contribution in [2.45, 2.75) is 0 Å². The van der Waals surface area contributed by atoms with Crippen molar-refractivity contribution in [3.05, 3.63) is 58.6 Å². The maximum absolute atomic E-state index is 12.8. The van der Waals surface area contributed by atoms with E-state index < -0.39 is 4.92 Å². The Morgan fingerprint density at radius 1 is 1.07 bits per heavy atom. The lowest BCUT2D eigenvalue weighted by Crippen LogP contribution is -2.45. The SMILES string of the molecule is CN1CCN(C(=O)COc2ccccc2[N+](=O)[O-])c2nc3ccccc3nc21. The number of likely N-dealkylation sites (N-methyl/N-ethyl adjacent to an activating group) is 1. The fourth-order valence-corrected chi connectivity index (χ4v) is 3.07. The van der Waals surface area contributed by atoms with Crippen LogP contribution in [0.5, 0.6) is 5.75 Å². The molecule has 2 aromatic carbocycles. The highest BCUT2D eigenvalue weighted by atomic mass is 16.6. The van der Waals surface area contributed by atoms with Crippen LogP contribution < -0.4 is 14.5 Å². The quantitative estimate of drug-likeness (QED) is 0.507. The number of anilines is 2. The van der Waals surface area contributed by atoms with E-state index >= 15 is 0 Å². The number of fused-ring (bicyclic) bond motifs is 2. The summed E-state index contributed by atoms with van der Waals surface area (Å²) in [5, 5.41) is 11.1. The van der Waals surface area contributed by atoms with Gasteiger partial charge < -0.3 is 9.64 Å². The number of nitro benzene ring substituents is 1. The molecule has 0 aliphatic carbocycles. The van der Waals surface area contributed by atoms with E-state index in [1.165, 1.54) is 17.0 Å². The molecule has 0 bridgehead atoms. The molecule has 1 aliphatic heterocycles. The average molecular weight is 379 g/mol. The van der Waals surface area contributed by atoms with Crippen LogP contribution >= 0.6 is 0 Å². The predicted molar refractivity (Wildman–Crippen MR) is 104 cm³/mol. The third-order valence-electron chi connectivity index (χ3n) is 4.52. The zero-order valence-corrected chi connectivity index (χ0v) is 15.1. The molecule has 0 N–H and O–H groups in total. The second kappa shape index (κ2) is 7.10. The van der Waals surface area contributed by atoms with Gasteiger partial charge in [0.2, 0.25) is 0 Å². The molecule has 0 saturated carbocycles. The standard InChI is InChI=1S/C19H17N5O4/c1-22-10-11-23(19-18(22)20-13-6-2-3-7-14(13)21-19)17(25)12-28-16-9-5-4-8-15(16)24(26)27/h2-9H,10-12H2,1H3. The van der Waals surface area contributed by atoms with Gasteiger partial charge in [-0.05, 0) is 18.2 Å². The number of nitro groups is 1. The molecule has 0 spiro atoms. The highest BCUT2D eigenvalue weighted by Crippen LogP contribution is 2.31. The van der Waals surface area contributed by atoms with E-state index in [0.29, 0.717) is 30.2 Å². The van der Waals surface area contributed by atoms with Crippen molar-refractivity contribution < 1.29 is 14.5 Å². The molecule has 0 unspecified atom stereocenters. The number of nitrogens with zero attached hydrogens (tertiary/aromatic N) is 5. The van der Waals surface area contributed by atoms with E-state index in [1.807, 2.05) is 36.2 Å². The van der Waals surface area contributed by atoms with Crippen molar-refractivity contribution >= 4 is 34.3 Å². The number of hydrogen-bond acceptors (Lipinski definition) is 7. The Balaban J connectivity index is 1.60. The number of carbonyl (C=O) groups excluding carboxylic acids is 1.